The van der Waals surface area contributed by atoms with Crippen LogP contribution in [0.1, 0.15) is 58.3 Å². The molecule has 0 bridgehead atoms. The van der Waals surface area contributed by atoms with Crippen LogP contribution in [0.15, 0.2) is 10.4 Å². The fourth-order valence-electron chi connectivity index (χ4n) is 1.80. The maximum Gasteiger partial charge on any atom is 0.183 e. The van der Waals surface area contributed by atoms with E-state index in [-0.39, 0.29) is 0 Å². The molecule has 1 aromatic heterocycles. The van der Waals surface area contributed by atoms with Crippen LogP contribution in [0, 0.1) is 0 Å². The van der Waals surface area contributed by atoms with Gasteiger partial charge in [-0.1, -0.05) is 51.9 Å². The minimum Gasteiger partial charge on any atom is -0.361 e. The number of nitrogens with one attached hydrogen (secondary N) is 1. The van der Waals surface area contributed by atoms with Gasteiger partial charge in [0.15, 0.2) is 5.13 Å². The van der Waals surface area contributed by atoms with Crippen LogP contribution in [0.5, 0.6) is 0 Å². The van der Waals surface area contributed by atoms with Crippen LogP contribution >= 0.6 is 24.0 Å². The Hall–Kier alpha value is -0.220. The molecule has 0 saturated heterocycles. The summed E-state index contributed by atoms with van der Waals surface area (Å²) in [6.45, 7) is 3.30. The fourth-order valence-corrected chi connectivity index (χ4v) is 2.73. The Balaban J connectivity index is 1.84. The molecule has 0 radical (unpaired) electrons. The van der Waals surface area contributed by atoms with Crippen molar-refractivity contribution in [1.29, 1.82) is 0 Å². The number of thiol groups is 1. The Morgan fingerprint density at radius 1 is 1.12 bits per heavy atom. The van der Waals surface area contributed by atoms with Crippen molar-refractivity contribution in [2.75, 3.05) is 11.9 Å². The monoisotopic (exact) mass is 272 g/mol. The van der Waals surface area contributed by atoms with Crippen LogP contribution in [0.25, 0.3) is 0 Å². The quantitative estimate of drug-likeness (QED) is 0.463. The van der Waals surface area contributed by atoms with Gasteiger partial charge in [0.25, 0.3) is 0 Å². The number of thiazole rings is 1. The van der Waals surface area contributed by atoms with Crippen molar-refractivity contribution in [1.82, 2.24) is 4.98 Å². The van der Waals surface area contributed by atoms with Gasteiger partial charge in [-0.2, -0.15) is 0 Å². The molecule has 0 unspecified atom stereocenters. The molecule has 17 heavy (non-hydrogen) atoms. The molecule has 0 aliphatic heterocycles. The smallest absolute Gasteiger partial charge is 0.183 e. The summed E-state index contributed by atoms with van der Waals surface area (Å²) < 4.78 is 0. The largest absolute Gasteiger partial charge is 0.361 e. The van der Waals surface area contributed by atoms with E-state index in [9.17, 15) is 0 Å². The molecule has 0 amide bonds. The van der Waals surface area contributed by atoms with Crippen molar-refractivity contribution < 1.29 is 0 Å². The number of nitrogens with zero attached hydrogens (tertiary/aromatic N) is 1. The number of aromatic nitrogens is 1. The summed E-state index contributed by atoms with van der Waals surface area (Å²) in [5.74, 6) is 0. The van der Waals surface area contributed by atoms with E-state index in [2.05, 4.69) is 29.9 Å². The van der Waals surface area contributed by atoms with E-state index in [0.717, 1.165) is 16.7 Å². The minimum atomic E-state index is 0.813. The molecule has 0 saturated carbocycles. The zero-order valence-electron chi connectivity index (χ0n) is 10.7. The Bertz CT molecular complexity index is 287. The molecule has 0 atom stereocenters. The van der Waals surface area contributed by atoms with Gasteiger partial charge >= 0.3 is 0 Å². The number of anilines is 1. The first-order valence-electron chi connectivity index (χ1n) is 6.71. The molecule has 4 heteroatoms. The van der Waals surface area contributed by atoms with E-state index in [1.807, 2.05) is 5.38 Å². The summed E-state index contributed by atoms with van der Waals surface area (Å²) in [5.41, 5.74) is 0. The second kappa shape index (κ2) is 9.77. The lowest BCUT2D eigenvalue weighted by Crippen LogP contribution is -2.00. The van der Waals surface area contributed by atoms with Crippen molar-refractivity contribution in [2.45, 2.75) is 63.3 Å². The molecule has 0 spiro atoms. The Labute approximate surface area is 115 Å². The minimum absolute atomic E-state index is 0.813. The van der Waals surface area contributed by atoms with E-state index in [1.54, 1.807) is 11.3 Å². The maximum atomic E-state index is 4.25. The van der Waals surface area contributed by atoms with Crippen LogP contribution in [0.2, 0.25) is 0 Å². The van der Waals surface area contributed by atoms with E-state index in [4.69, 9.17) is 0 Å². The van der Waals surface area contributed by atoms with Crippen LogP contribution in [-0.4, -0.2) is 11.5 Å². The first-order valence-corrected chi connectivity index (χ1v) is 8.04. The zero-order chi connectivity index (χ0) is 12.3. The predicted molar refractivity (Wildman–Crippen MR) is 80.5 cm³/mol. The molecular weight excluding hydrogens is 248 g/mol. The third-order valence-corrected chi connectivity index (χ3v) is 4.00. The second-order valence-electron chi connectivity index (χ2n) is 4.41. The first kappa shape index (κ1) is 14.8. The number of unbranched alkanes of at least 4 members (excludes halogenated alkanes) is 7. The average molecular weight is 272 g/mol. The van der Waals surface area contributed by atoms with Gasteiger partial charge < -0.3 is 5.32 Å². The Morgan fingerprint density at radius 3 is 2.35 bits per heavy atom. The highest BCUT2D eigenvalue weighted by Crippen LogP contribution is 2.17. The van der Waals surface area contributed by atoms with Gasteiger partial charge in [0.05, 0.1) is 0 Å². The maximum absolute atomic E-state index is 4.25. The lowest BCUT2D eigenvalue weighted by atomic mass is 10.1. The molecule has 0 aliphatic rings. The Morgan fingerprint density at radius 2 is 1.76 bits per heavy atom. The molecule has 1 rings (SSSR count). The van der Waals surface area contributed by atoms with Crippen LogP contribution in [-0.2, 0) is 0 Å². The molecule has 0 aliphatic carbocycles. The normalized spacial score (nSPS) is 10.7. The molecule has 1 N–H and O–H groups in total. The molecule has 0 fully saturated rings. The molecular formula is C13H24N2S2. The lowest BCUT2D eigenvalue weighted by Gasteiger charge is -2.03. The van der Waals surface area contributed by atoms with Gasteiger partial charge in [0.1, 0.15) is 5.03 Å². The van der Waals surface area contributed by atoms with Crippen LogP contribution in [0.3, 0.4) is 0 Å². The summed E-state index contributed by atoms with van der Waals surface area (Å²) in [4.78, 5) is 4.25. The van der Waals surface area contributed by atoms with E-state index in [1.165, 1.54) is 51.4 Å². The first-order chi connectivity index (χ1) is 8.33. The van der Waals surface area contributed by atoms with Crippen molar-refractivity contribution in [2.24, 2.45) is 0 Å². The summed E-state index contributed by atoms with van der Waals surface area (Å²) in [6, 6.07) is 0. The van der Waals surface area contributed by atoms with Gasteiger partial charge in [-0.15, -0.1) is 24.0 Å². The summed E-state index contributed by atoms with van der Waals surface area (Å²) in [7, 11) is 0. The summed E-state index contributed by atoms with van der Waals surface area (Å²) in [6.07, 6.45) is 10.9. The number of hydrogen-bond acceptors (Lipinski definition) is 4. The van der Waals surface area contributed by atoms with Crippen molar-refractivity contribution in [3.05, 3.63) is 5.38 Å². The highest BCUT2D eigenvalue weighted by molar-refractivity contribution is 7.80. The topological polar surface area (TPSA) is 24.9 Å². The summed E-state index contributed by atoms with van der Waals surface area (Å²) in [5, 5.41) is 7.10. The third kappa shape index (κ3) is 7.66. The highest BCUT2D eigenvalue weighted by Gasteiger charge is 1.97. The number of hydrogen-bond donors (Lipinski definition) is 2. The second-order valence-corrected chi connectivity index (χ2v) is 5.73. The fraction of sp³-hybridized carbons (Fsp3) is 0.769. The zero-order valence-corrected chi connectivity index (χ0v) is 12.5. The predicted octanol–water partition coefficient (Wildman–Crippen LogP) is 4.98. The van der Waals surface area contributed by atoms with E-state index >= 15 is 0 Å². The molecule has 2 nitrogen and oxygen atoms in total. The van der Waals surface area contributed by atoms with Gasteiger partial charge in [0, 0.05) is 11.9 Å². The van der Waals surface area contributed by atoms with Gasteiger partial charge in [-0.25, -0.2) is 4.98 Å². The van der Waals surface area contributed by atoms with Gasteiger partial charge in [-0.05, 0) is 6.42 Å². The van der Waals surface area contributed by atoms with Gasteiger partial charge in [0.2, 0.25) is 0 Å². The van der Waals surface area contributed by atoms with Crippen molar-refractivity contribution in [3.63, 3.8) is 0 Å². The van der Waals surface area contributed by atoms with Gasteiger partial charge in [-0.3, -0.25) is 0 Å². The van der Waals surface area contributed by atoms with E-state index < -0.39 is 0 Å². The third-order valence-electron chi connectivity index (χ3n) is 2.80. The molecule has 98 valence electrons. The van der Waals surface area contributed by atoms with Crippen molar-refractivity contribution >= 4 is 29.1 Å². The molecule has 1 aromatic rings. The highest BCUT2D eigenvalue weighted by atomic mass is 32.1. The van der Waals surface area contributed by atoms with Crippen LogP contribution in [0.4, 0.5) is 5.13 Å². The average Bonchev–Trinajstić information content (AvgIpc) is 2.73. The standard InChI is InChI=1S/C13H24N2S2/c1-2-3-4-5-6-7-8-9-10-14-13-15-12(16)11-17-13/h11,16H,2-10H2,1H3,(H,14,15). The van der Waals surface area contributed by atoms with Crippen LogP contribution < -0.4 is 5.32 Å². The molecule has 0 aromatic carbocycles. The van der Waals surface area contributed by atoms with Crippen molar-refractivity contribution in [3.8, 4) is 0 Å². The molecule has 1 heterocycles. The number of rotatable bonds is 10. The Kier molecular flexibility index (Phi) is 8.53. The SMILES string of the molecule is CCCCCCCCCCNc1nc(S)cs1. The lowest BCUT2D eigenvalue weighted by molar-refractivity contribution is 0.581. The van der Waals surface area contributed by atoms with E-state index in [0.29, 0.717) is 0 Å². The summed E-state index contributed by atoms with van der Waals surface area (Å²) >= 11 is 5.81.